The van der Waals surface area contributed by atoms with Crippen molar-refractivity contribution in [2.24, 2.45) is 0 Å². The average molecular weight is 395 g/mol. The fourth-order valence-electron chi connectivity index (χ4n) is 3.22. The van der Waals surface area contributed by atoms with Crippen LogP contribution in [-0.4, -0.2) is 35.6 Å². The van der Waals surface area contributed by atoms with Gasteiger partial charge in [-0.1, -0.05) is 18.2 Å². The van der Waals surface area contributed by atoms with Crippen molar-refractivity contribution in [3.8, 4) is 0 Å². The molecule has 0 fully saturated rings. The third-order valence-electron chi connectivity index (χ3n) is 4.52. The number of carbonyl (C=O) groups is 2. The number of anilines is 1. The zero-order valence-corrected chi connectivity index (χ0v) is 16.0. The highest BCUT2D eigenvalue weighted by Gasteiger charge is 2.42. The fourth-order valence-corrected chi connectivity index (χ4v) is 5.02. The van der Waals surface area contributed by atoms with E-state index in [0.717, 1.165) is 15.2 Å². The van der Waals surface area contributed by atoms with Gasteiger partial charge in [0.15, 0.2) is 0 Å². The maximum Gasteiger partial charge on any atom is 0.269 e. The van der Waals surface area contributed by atoms with E-state index in [2.05, 4.69) is 10.3 Å². The minimum Gasteiger partial charge on any atom is -0.307 e. The Balaban J connectivity index is 1.67. The van der Waals surface area contributed by atoms with Crippen molar-refractivity contribution in [3.63, 3.8) is 0 Å². The van der Waals surface area contributed by atoms with Crippen LogP contribution in [-0.2, 0) is 10.0 Å². The van der Waals surface area contributed by atoms with Gasteiger partial charge in [0.1, 0.15) is 10.7 Å². The van der Waals surface area contributed by atoms with Crippen molar-refractivity contribution in [2.75, 3.05) is 5.32 Å². The second-order valence-corrected chi connectivity index (χ2v) is 8.54. The van der Waals surface area contributed by atoms with Crippen molar-refractivity contribution in [3.05, 3.63) is 65.7 Å². The minimum atomic E-state index is -3.96. The van der Waals surface area contributed by atoms with Crippen LogP contribution in [0.25, 0.3) is 10.9 Å². The van der Waals surface area contributed by atoms with E-state index in [9.17, 15) is 18.0 Å². The Labute approximate surface area is 162 Å². The molecule has 2 amide bonds. The van der Waals surface area contributed by atoms with Gasteiger partial charge in [0, 0.05) is 17.0 Å². The summed E-state index contributed by atoms with van der Waals surface area (Å²) in [5.41, 5.74) is 0.944. The molecule has 28 heavy (non-hydrogen) atoms. The minimum absolute atomic E-state index is 0.0779. The molecular weight excluding hydrogens is 378 g/mol. The predicted molar refractivity (Wildman–Crippen MR) is 105 cm³/mol. The van der Waals surface area contributed by atoms with Gasteiger partial charge in [-0.25, -0.2) is 17.7 Å². The lowest BCUT2D eigenvalue weighted by Crippen LogP contribution is -2.36. The van der Waals surface area contributed by atoms with E-state index in [1.807, 2.05) is 30.3 Å². The highest BCUT2D eigenvalue weighted by molar-refractivity contribution is 7.90. The summed E-state index contributed by atoms with van der Waals surface area (Å²) < 4.78 is 26.2. The predicted octanol–water partition coefficient (Wildman–Crippen LogP) is 3.04. The quantitative estimate of drug-likeness (QED) is 0.735. The maximum atomic E-state index is 12.7. The largest absolute Gasteiger partial charge is 0.307 e. The third kappa shape index (κ3) is 2.82. The van der Waals surface area contributed by atoms with Gasteiger partial charge in [0.25, 0.3) is 21.8 Å². The van der Waals surface area contributed by atoms with E-state index in [1.54, 1.807) is 19.9 Å². The second kappa shape index (κ2) is 6.42. The number of carbonyl (C=O) groups excluding carboxylic acids is 2. The number of hydrogen-bond donors (Lipinski definition) is 1. The molecular formula is C20H17N3O4S. The lowest BCUT2D eigenvalue weighted by Gasteiger charge is -2.18. The van der Waals surface area contributed by atoms with E-state index in [1.165, 1.54) is 18.2 Å². The lowest BCUT2D eigenvalue weighted by molar-refractivity contribution is 0.0846. The zero-order valence-electron chi connectivity index (χ0n) is 15.2. The van der Waals surface area contributed by atoms with E-state index in [-0.39, 0.29) is 16.0 Å². The standard InChI is InChI=1S/C20H17N3O4S/c1-12(2)23-20(25)15-9-7-14(11-17(15)28(23,26)27)19(24)22-18-10-8-13-5-3-4-6-16(13)21-18/h3-12H,1-2H3,(H,21,22,24). The van der Waals surface area contributed by atoms with Gasteiger partial charge in [0.2, 0.25) is 0 Å². The van der Waals surface area contributed by atoms with Gasteiger partial charge in [-0.2, -0.15) is 0 Å². The van der Waals surface area contributed by atoms with Gasteiger partial charge in [-0.05, 0) is 50.2 Å². The first-order valence-corrected chi connectivity index (χ1v) is 10.1. The van der Waals surface area contributed by atoms with Crippen molar-refractivity contribution >= 4 is 38.6 Å². The molecule has 0 radical (unpaired) electrons. The van der Waals surface area contributed by atoms with Gasteiger partial charge < -0.3 is 5.32 Å². The number of pyridine rings is 1. The smallest absolute Gasteiger partial charge is 0.269 e. The van der Waals surface area contributed by atoms with Crippen LogP contribution < -0.4 is 5.32 Å². The molecule has 1 aliphatic rings. The second-order valence-electron chi connectivity index (χ2n) is 6.75. The number of rotatable bonds is 3. The van der Waals surface area contributed by atoms with Crippen molar-refractivity contribution in [2.45, 2.75) is 24.8 Å². The maximum absolute atomic E-state index is 12.7. The van der Waals surface area contributed by atoms with Crippen LogP contribution in [0.4, 0.5) is 5.82 Å². The van der Waals surface area contributed by atoms with E-state index >= 15 is 0 Å². The van der Waals surface area contributed by atoms with Crippen LogP contribution >= 0.6 is 0 Å². The number of benzene rings is 2. The summed E-state index contributed by atoms with van der Waals surface area (Å²) in [6.07, 6.45) is 0. The molecule has 0 atom stereocenters. The number of aromatic nitrogens is 1. The Hall–Kier alpha value is -3.26. The number of hydrogen-bond acceptors (Lipinski definition) is 5. The number of nitrogens with one attached hydrogen (secondary N) is 1. The lowest BCUT2D eigenvalue weighted by atomic mass is 10.1. The monoisotopic (exact) mass is 395 g/mol. The van der Waals surface area contributed by atoms with Crippen LogP contribution in [0.1, 0.15) is 34.6 Å². The number of amides is 2. The summed E-state index contributed by atoms with van der Waals surface area (Å²) in [6.45, 7) is 3.25. The molecule has 7 nitrogen and oxygen atoms in total. The Morgan fingerprint density at radius 2 is 1.82 bits per heavy atom. The van der Waals surface area contributed by atoms with Crippen LogP contribution in [0.2, 0.25) is 0 Å². The first-order chi connectivity index (χ1) is 13.3. The van der Waals surface area contributed by atoms with Crippen molar-refractivity contribution < 1.29 is 18.0 Å². The molecule has 8 heteroatoms. The number of fused-ring (bicyclic) bond motifs is 2. The molecule has 1 N–H and O–H groups in total. The molecule has 4 rings (SSSR count). The van der Waals surface area contributed by atoms with Crippen molar-refractivity contribution in [1.29, 1.82) is 0 Å². The van der Waals surface area contributed by atoms with Gasteiger partial charge in [-0.15, -0.1) is 0 Å². The molecule has 2 heterocycles. The molecule has 142 valence electrons. The normalized spacial score (nSPS) is 15.1. The molecule has 0 unspecified atom stereocenters. The van der Waals surface area contributed by atoms with E-state index in [4.69, 9.17) is 0 Å². The molecule has 1 aromatic heterocycles. The zero-order chi connectivity index (χ0) is 20.1. The highest BCUT2D eigenvalue weighted by Crippen LogP contribution is 2.32. The summed E-state index contributed by atoms with van der Waals surface area (Å²) in [7, 11) is -3.96. The summed E-state index contributed by atoms with van der Waals surface area (Å²) in [6, 6.07) is 14.5. The molecule has 3 aromatic rings. The first-order valence-electron chi connectivity index (χ1n) is 8.69. The number of sulfonamides is 1. The molecule has 0 bridgehead atoms. The molecule has 2 aromatic carbocycles. The van der Waals surface area contributed by atoms with Crippen molar-refractivity contribution in [1.82, 2.24) is 9.29 Å². The Bertz CT molecular complexity index is 1240. The van der Waals surface area contributed by atoms with Gasteiger partial charge in [0.05, 0.1) is 11.1 Å². The summed E-state index contributed by atoms with van der Waals surface area (Å²) in [5.74, 6) is -0.726. The van der Waals surface area contributed by atoms with Crippen LogP contribution in [0.15, 0.2) is 59.5 Å². The Kier molecular flexibility index (Phi) is 4.15. The molecule has 0 saturated heterocycles. The van der Waals surface area contributed by atoms with Gasteiger partial charge in [-0.3, -0.25) is 9.59 Å². The molecule has 0 saturated carbocycles. The highest BCUT2D eigenvalue weighted by atomic mass is 32.2. The van der Waals surface area contributed by atoms with Crippen LogP contribution in [0, 0.1) is 0 Å². The Morgan fingerprint density at radius 3 is 2.57 bits per heavy atom. The summed E-state index contributed by atoms with van der Waals surface area (Å²) in [4.78, 5) is 29.2. The summed E-state index contributed by atoms with van der Waals surface area (Å²) >= 11 is 0. The van der Waals surface area contributed by atoms with Crippen LogP contribution in [0.5, 0.6) is 0 Å². The SMILES string of the molecule is CC(C)N1C(=O)c2ccc(C(=O)Nc3ccc4ccccc4n3)cc2S1(=O)=O. The Morgan fingerprint density at radius 1 is 1.07 bits per heavy atom. The third-order valence-corrected chi connectivity index (χ3v) is 6.52. The van der Waals surface area contributed by atoms with E-state index < -0.39 is 27.9 Å². The summed E-state index contributed by atoms with van der Waals surface area (Å²) in [5, 5.41) is 3.61. The average Bonchev–Trinajstić information content (AvgIpc) is 2.87. The molecule has 1 aliphatic heterocycles. The topological polar surface area (TPSA) is 96.4 Å². The van der Waals surface area contributed by atoms with Crippen LogP contribution in [0.3, 0.4) is 0 Å². The molecule has 0 aliphatic carbocycles. The van der Waals surface area contributed by atoms with Gasteiger partial charge >= 0.3 is 0 Å². The fraction of sp³-hybridized carbons (Fsp3) is 0.150. The van der Waals surface area contributed by atoms with E-state index in [0.29, 0.717) is 5.82 Å². The molecule has 0 spiro atoms. The first kappa shape index (κ1) is 18.1. The number of nitrogens with zero attached hydrogens (tertiary/aromatic N) is 2. The number of para-hydroxylation sites is 1.